The minimum atomic E-state index is 0.0239. The van der Waals surface area contributed by atoms with E-state index in [0.29, 0.717) is 9.38 Å². The molecule has 0 radical (unpaired) electrons. The normalized spacial score (nSPS) is 21.0. The number of phenolic OH excluding ortho intramolecular Hbond substituents is 1. The first-order chi connectivity index (χ1) is 13.6. The number of phenols is 1. The summed E-state index contributed by atoms with van der Waals surface area (Å²) in [5.41, 5.74) is 1.72. The number of aliphatic imine (C=N–C) groups is 1. The van der Waals surface area contributed by atoms with Gasteiger partial charge in [0, 0.05) is 6.04 Å². The lowest BCUT2D eigenvalue weighted by molar-refractivity contribution is -0.124. The largest absolute Gasteiger partial charge is 0.507 e. The van der Waals surface area contributed by atoms with Crippen LogP contribution in [0.4, 0.5) is 5.69 Å². The van der Waals surface area contributed by atoms with Crippen LogP contribution in [0.25, 0.3) is 6.08 Å². The minimum Gasteiger partial charge on any atom is -0.507 e. The van der Waals surface area contributed by atoms with Gasteiger partial charge in [-0.2, -0.15) is 0 Å². The number of para-hydroxylation sites is 1. The fourth-order valence-corrected chi connectivity index (χ4v) is 5.06. The standard InChI is InChI=1S/C22H21BrN2O2S/c23-18-13-15(11-12-19(18)26)14-20-21(27)25(17-9-5-2-6-10-17)22(28-20)24-16-7-3-1-4-8-16/h1,3-4,7-8,11-14,17,26H,2,5-6,9-10H2. The Morgan fingerprint density at radius 3 is 2.57 bits per heavy atom. The lowest BCUT2D eigenvalue weighted by Crippen LogP contribution is -2.40. The Morgan fingerprint density at radius 1 is 1.11 bits per heavy atom. The van der Waals surface area contributed by atoms with Crippen molar-refractivity contribution >= 4 is 50.5 Å². The Balaban J connectivity index is 1.69. The number of carbonyl (C=O) groups is 1. The third kappa shape index (κ3) is 4.18. The molecule has 1 amide bonds. The van der Waals surface area contributed by atoms with E-state index in [9.17, 15) is 9.90 Å². The maximum atomic E-state index is 13.3. The average Bonchev–Trinajstić information content (AvgIpc) is 3.01. The second-order valence-electron chi connectivity index (χ2n) is 7.02. The molecule has 1 saturated carbocycles. The van der Waals surface area contributed by atoms with Crippen molar-refractivity contribution in [1.82, 2.24) is 4.90 Å². The number of hydrogen-bond acceptors (Lipinski definition) is 4. The summed E-state index contributed by atoms with van der Waals surface area (Å²) in [6.07, 6.45) is 7.47. The maximum Gasteiger partial charge on any atom is 0.267 e. The van der Waals surface area contributed by atoms with Gasteiger partial charge in [0.15, 0.2) is 5.17 Å². The molecule has 1 aliphatic heterocycles. The van der Waals surface area contributed by atoms with E-state index in [2.05, 4.69) is 15.9 Å². The Labute approximate surface area is 177 Å². The van der Waals surface area contributed by atoms with Crippen LogP contribution in [-0.4, -0.2) is 27.1 Å². The van der Waals surface area contributed by atoms with E-state index in [4.69, 9.17) is 4.99 Å². The molecule has 2 aromatic rings. The van der Waals surface area contributed by atoms with Crippen molar-refractivity contribution in [3.05, 3.63) is 63.5 Å². The van der Waals surface area contributed by atoms with Gasteiger partial charge in [0.25, 0.3) is 5.91 Å². The van der Waals surface area contributed by atoms with E-state index in [-0.39, 0.29) is 17.7 Å². The number of aromatic hydroxyl groups is 1. The van der Waals surface area contributed by atoms with Gasteiger partial charge in [0.1, 0.15) is 5.75 Å². The quantitative estimate of drug-likeness (QED) is 0.568. The van der Waals surface area contributed by atoms with E-state index in [1.807, 2.05) is 47.4 Å². The highest BCUT2D eigenvalue weighted by Crippen LogP contribution is 2.39. The molecule has 0 aromatic heterocycles. The topological polar surface area (TPSA) is 52.9 Å². The molecule has 0 spiro atoms. The predicted molar refractivity (Wildman–Crippen MR) is 119 cm³/mol. The molecule has 1 aliphatic carbocycles. The maximum absolute atomic E-state index is 13.3. The van der Waals surface area contributed by atoms with Crippen molar-refractivity contribution in [3.63, 3.8) is 0 Å². The molecule has 4 rings (SSSR count). The summed E-state index contributed by atoms with van der Waals surface area (Å²) >= 11 is 4.77. The summed E-state index contributed by atoms with van der Waals surface area (Å²) in [5, 5.41) is 10.5. The molecule has 2 fully saturated rings. The van der Waals surface area contributed by atoms with Gasteiger partial charge in [-0.1, -0.05) is 43.5 Å². The van der Waals surface area contributed by atoms with Gasteiger partial charge < -0.3 is 5.11 Å². The first-order valence-corrected chi connectivity index (χ1v) is 11.1. The Bertz CT molecular complexity index is 937. The first-order valence-electron chi connectivity index (χ1n) is 9.47. The zero-order valence-corrected chi connectivity index (χ0v) is 17.7. The third-order valence-corrected chi connectivity index (χ3v) is 6.65. The van der Waals surface area contributed by atoms with Crippen LogP contribution >= 0.6 is 27.7 Å². The number of nitrogens with zero attached hydrogens (tertiary/aromatic N) is 2. The highest BCUT2D eigenvalue weighted by Gasteiger charge is 2.38. The lowest BCUT2D eigenvalue weighted by atomic mass is 9.94. The molecule has 4 nitrogen and oxygen atoms in total. The fourth-order valence-electron chi connectivity index (χ4n) is 3.60. The Morgan fingerprint density at radius 2 is 1.86 bits per heavy atom. The molecule has 0 bridgehead atoms. The fraction of sp³-hybridized carbons (Fsp3) is 0.273. The number of carbonyl (C=O) groups excluding carboxylic acids is 1. The molecule has 144 valence electrons. The summed E-state index contributed by atoms with van der Waals surface area (Å²) in [5.74, 6) is 0.207. The van der Waals surface area contributed by atoms with Gasteiger partial charge in [-0.25, -0.2) is 4.99 Å². The molecule has 6 heteroatoms. The van der Waals surface area contributed by atoms with E-state index in [1.54, 1.807) is 12.1 Å². The van der Waals surface area contributed by atoms with Crippen LogP contribution in [-0.2, 0) is 4.79 Å². The van der Waals surface area contributed by atoms with Crippen LogP contribution < -0.4 is 0 Å². The summed E-state index contributed by atoms with van der Waals surface area (Å²) in [7, 11) is 0. The van der Waals surface area contributed by atoms with Crippen LogP contribution in [0.15, 0.2) is 62.9 Å². The van der Waals surface area contributed by atoms with E-state index >= 15 is 0 Å². The highest BCUT2D eigenvalue weighted by molar-refractivity contribution is 9.10. The van der Waals surface area contributed by atoms with Gasteiger partial charge in [0.05, 0.1) is 15.1 Å². The van der Waals surface area contributed by atoms with Crippen molar-refractivity contribution in [2.75, 3.05) is 0 Å². The van der Waals surface area contributed by atoms with Gasteiger partial charge >= 0.3 is 0 Å². The van der Waals surface area contributed by atoms with Crippen molar-refractivity contribution in [2.45, 2.75) is 38.1 Å². The second kappa shape index (κ2) is 8.53. The molecule has 1 heterocycles. The van der Waals surface area contributed by atoms with E-state index in [0.717, 1.165) is 42.1 Å². The molecule has 28 heavy (non-hydrogen) atoms. The van der Waals surface area contributed by atoms with Crippen molar-refractivity contribution in [1.29, 1.82) is 0 Å². The molecule has 2 aliphatic rings. The van der Waals surface area contributed by atoms with Gasteiger partial charge in [-0.15, -0.1) is 0 Å². The first kappa shape index (κ1) is 19.3. The summed E-state index contributed by atoms with van der Waals surface area (Å²) in [6.45, 7) is 0. The van der Waals surface area contributed by atoms with Crippen molar-refractivity contribution in [3.8, 4) is 5.75 Å². The monoisotopic (exact) mass is 456 g/mol. The molecule has 0 unspecified atom stereocenters. The van der Waals surface area contributed by atoms with Crippen LogP contribution in [0, 0.1) is 0 Å². The van der Waals surface area contributed by atoms with Crippen molar-refractivity contribution in [2.24, 2.45) is 4.99 Å². The van der Waals surface area contributed by atoms with E-state index < -0.39 is 0 Å². The molecule has 1 saturated heterocycles. The number of amidine groups is 1. The zero-order chi connectivity index (χ0) is 19.5. The Hall–Kier alpha value is -2.05. The summed E-state index contributed by atoms with van der Waals surface area (Å²) in [6, 6.07) is 15.2. The van der Waals surface area contributed by atoms with Gasteiger partial charge in [-0.3, -0.25) is 9.69 Å². The SMILES string of the molecule is O=C1C(=Cc2ccc(O)c(Br)c2)SC(=Nc2ccccc2)N1C1CCCCC1. The molecular weight excluding hydrogens is 436 g/mol. The number of amides is 1. The van der Waals surface area contributed by atoms with Gasteiger partial charge in [-0.05, 0) is 76.4 Å². The number of rotatable bonds is 3. The van der Waals surface area contributed by atoms with Crippen LogP contribution in [0.5, 0.6) is 5.75 Å². The third-order valence-electron chi connectivity index (χ3n) is 5.03. The van der Waals surface area contributed by atoms with Crippen molar-refractivity contribution < 1.29 is 9.90 Å². The van der Waals surface area contributed by atoms with Crippen LogP contribution in [0.1, 0.15) is 37.7 Å². The van der Waals surface area contributed by atoms with Crippen LogP contribution in [0.2, 0.25) is 0 Å². The van der Waals surface area contributed by atoms with Gasteiger partial charge in [0.2, 0.25) is 0 Å². The number of thioether (sulfide) groups is 1. The second-order valence-corrected chi connectivity index (χ2v) is 8.88. The minimum absolute atomic E-state index is 0.0239. The molecule has 0 atom stereocenters. The molecule has 1 N–H and O–H groups in total. The lowest BCUT2D eigenvalue weighted by Gasteiger charge is -2.30. The number of halogens is 1. The Kier molecular flexibility index (Phi) is 5.87. The molecule has 2 aromatic carbocycles. The predicted octanol–water partition coefficient (Wildman–Crippen LogP) is 6.09. The zero-order valence-electron chi connectivity index (χ0n) is 15.3. The highest BCUT2D eigenvalue weighted by atomic mass is 79.9. The van der Waals surface area contributed by atoms with E-state index in [1.165, 1.54) is 18.2 Å². The number of benzene rings is 2. The summed E-state index contributed by atoms with van der Waals surface area (Å²) in [4.78, 5) is 20.6. The average molecular weight is 457 g/mol. The molecular formula is C22H21BrN2O2S. The summed E-state index contributed by atoms with van der Waals surface area (Å²) < 4.78 is 0.611. The smallest absolute Gasteiger partial charge is 0.267 e. The van der Waals surface area contributed by atoms with Crippen LogP contribution in [0.3, 0.4) is 0 Å². The number of hydrogen-bond donors (Lipinski definition) is 1.